The quantitative estimate of drug-likeness (QED) is 0.893. The Bertz CT molecular complexity index is 409. The molecule has 0 radical (unpaired) electrons. The number of halogens is 1. The van der Waals surface area contributed by atoms with E-state index in [9.17, 15) is 0 Å². The molecule has 1 fully saturated rings. The van der Waals surface area contributed by atoms with E-state index >= 15 is 0 Å². The lowest BCUT2D eigenvalue weighted by molar-refractivity contribution is 0.00899. The van der Waals surface area contributed by atoms with Gasteiger partial charge in [0.2, 0.25) is 0 Å². The number of likely N-dealkylation sites (tertiary alicyclic amines) is 1. The molecule has 0 spiro atoms. The van der Waals surface area contributed by atoms with Gasteiger partial charge in [-0.15, -0.1) is 0 Å². The maximum Gasteiger partial charge on any atom is 0.0698 e. The average Bonchev–Trinajstić information content (AvgIpc) is 2.49. The highest BCUT2D eigenvalue weighted by molar-refractivity contribution is 9.10. The van der Waals surface area contributed by atoms with Gasteiger partial charge in [-0.05, 0) is 43.5 Å². The van der Waals surface area contributed by atoms with E-state index in [1.807, 2.05) is 7.11 Å². The summed E-state index contributed by atoms with van der Waals surface area (Å²) in [5, 5.41) is 0. The molecule has 3 atom stereocenters. The third-order valence-corrected chi connectivity index (χ3v) is 4.75. The first-order valence-corrected chi connectivity index (χ1v) is 8.23. The van der Waals surface area contributed by atoms with Crippen LogP contribution >= 0.6 is 15.9 Å². The van der Waals surface area contributed by atoms with Crippen molar-refractivity contribution in [1.82, 2.24) is 4.90 Å². The zero-order valence-electron chi connectivity index (χ0n) is 12.4. The summed E-state index contributed by atoms with van der Waals surface area (Å²) in [4.78, 5) is 2.50. The SMILES string of the molecule is CCC(N)C(c1ccc(Br)cc1)N1CCCC(OC)C1. The lowest BCUT2D eigenvalue weighted by atomic mass is 9.94. The zero-order valence-corrected chi connectivity index (χ0v) is 14.0. The Morgan fingerprint density at radius 1 is 1.40 bits per heavy atom. The van der Waals surface area contributed by atoms with Crippen molar-refractivity contribution in [2.24, 2.45) is 5.73 Å². The molecule has 1 aliphatic heterocycles. The first-order valence-electron chi connectivity index (χ1n) is 7.43. The molecule has 2 N–H and O–H groups in total. The highest BCUT2D eigenvalue weighted by Gasteiger charge is 2.30. The second kappa shape index (κ2) is 7.55. The van der Waals surface area contributed by atoms with E-state index in [1.165, 1.54) is 12.0 Å². The maximum atomic E-state index is 6.41. The minimum atomic E-state index is 0.159. The molecule has 4 heteroatoms. The van der Waals surface area contributed by atoms with Crippen molar-refractivity contribution < 1.29 is 4.74 Å². The smallest absolute Gasteiger partial charge is 0.0698 e. The van der Waals surface area contributed by atoms with Crippen LogP contribution in [0.25, 0.3) is 0 Å². The Morgan fingerprint density at radius 2 is 2.10 bits per heavy atom. The topological polar surface area (TPSA) is 38.5 Å². The second-order valence-corrected chi connectivity index (χ2v) is 6.48. The summed E-state index contributed by atoms with van der Waals surface area (Å²) in [5.41, 5.74) is 7.72. The first kappa shape index (κ1) is 16.0. The lowest BCUT2D eigenvalue weighted by Crippen LogP contribution is -2.47. The van der Waals surface area contributed by atoms with E-state index in [4.69, 9.17) is 10.5 Å². The van der Waals surface area contributed by atoms with Crippen molar-refractivity contribution in [2.75, 3.05) is 20.2 Å². The van der Waals surface area contributed by atoms with E-state index in [-0.39, 0.29) is 12.1 Å². The average molecular weight is 341 g/mol. The molecule has 0 aromatic heterocycles. The van der Waals surface area contributed by atoms with Crippen molar-refractivity contribution >= 4 is 15.9 Å². The monoisotopic (exact) mass is 340 g/mol. The van der Waals surface area contributed by atoms with Gasteiger partial charge < -0.3 is 10.5 Å². The summed E-state index contributed by atoms with van der Waals surface area (Å²) < 4.78 is 6.66. The van der Waals surface area contributed by atoms with Crippen LogP contribution in [0, 0.1) is 0 Å². The van der Waals surface area contributed by atoms with Gasteiger partial charge in [-0.3, -0.25) is 4.90 Å². The van der Waals surface area contributed by atoms with Crippen LogP contribution in [0.4, 0.5) is 0 Å². The molecule has 1 saturated heterocycles. The van der Waals surface area contributed by atoms with Crippen molar-refractivity contribution in [1.29, 1.82) is 0 Å². The molecule has 0 bridgehead atoms. The molecule has 1 aliphatic rings. The summed E-state index contributed by atoms with van der Waals surface area (Å²) in [6.07, 6.45) is 3.66. The van der Waals surface area contributed by atoms with Crippen molar-refractivity contribution in [3.63, 3.8) is 0 Å². The van der Waals surface area contributed by atoms with Crippen LogP contribution in [0.15, 0.2) is 28.7 Å². The van der Waals surface area contributed by atoms with E-state index in [0.29, 0.717) is 6.10 Å². The van der Waals surface area contributed by atoms with Crippen LogP contribution < -0.4 is 5.73 Å². The Labute approximate surface area is 130 Å². The predicted octanol–water partition coefficient (Wildman–Crippen LogP) is 3.34. The second-order valence-electron chi connectivity index (χ2n) is 5.56. The standard InChI is InChI=1S/C16H25BrN2O/c1-3-15(18)16(12-6-8-13(17)9-7-12)19-10-4-5-14(11-19)20-2/h6-9,14-16H,3-5,10-11,18H2,1-2H3. The summed E-state index contributed by atoms with van der Waals surface area (Å²) >= 11 is 3.50. The third kappa shape index (κ3) is 3.82. The number of rotatable bonds is 5. The van der Waals surface area contributed by atoms with Crippen LogP contribution in [0.5, 0.6) is 0 Å². The Balaban J connectivity index is 2.20. The van der Waals surface area contributed by atoms with Crippen LogP contribution in [0.3, 0.4) is 0 Å². The maximum absolute atomic E-state index is 6.41. The minimum absolute atomic E-state index is 0.159. The van der Waals surface area contributed by atoms with Gasteiger partial charge in [0.1, 0.15) is 0 Å². The van der Waals surface area contributed by atoms with Crippen LogP contribution in [-0.4, -0.2) is 37.2 Å². The number of benzene rings is 1. The molecule has 1 heterocycles. The highest BCUT2D eigenvalue weighted by atomic mass is 79.9. The number of ether oxygens (including phenoxy) is 1. The minimum Gasteiger partial charge on any atom is -0.380 e. The number of methoxy groups -OCH3 is 1. The summed E-state index contributed by atoms with van der Waals surface area (Å²) in [5.74, 6) is 0. The van der Waals surface area contributed by atoms with Gasteiger partial charge in [0.25, 0.3) is 0 Å². The van der Waals surface area contributed by atoms with Gasteiger partial charge in [-0.2, -0.15) is 0 Å². The van der Waals surface area contributed by atoms with Gasteiger partial charge in [0, 0.05) is 30.2 Å². The molecule has 0 aliphatic carbocycles. The number of hydrogen-bond donors (Lipinski definition) is 1. The van der Waals surface area contributed by atoms with Gasteiger partial charge >= 0.3 is 0 Å². The highest BCUT2D eigenvalue weighted by Crippen LogP contribution is 2.29. The molecule has 1 aromatic rings. The summed E-state index contributed by atoms with van der Waals surface area (Å²) in [6, 6.07) is 9.00. The van der Waals surface area contributed by atoms with E-state index in [2.05, 4.69) is 52.0 Å². The van der Waals surface area contributed by atoms with E-state index < -0.39 is 0 Å². The van der Waals surface area contributed by atoms with Crippen molar-refractivity contribution in [2.45, 2.75) is 44.4 Å². The Morgan fingerprint density at radius 3 is 2.70 bits per heavy atom. The molecular weight excluding hydrogens is 316 g/mol. The number of nitrogens with zero attached hydrogens (tertiary/aromatic N) is 1. The van der Waals surface area contributed by atoms with Gasteiger partial charge in [0.05, 0.1) is 6.10 Å². The Kier molecular flexibility index (Phi) is 6.02. The molecule has 2 rings (SSSR count). The molecule has 0 amide bonds. The summed E-state index contributed by atoms with van der Waals surface area (Å²) in [6.45, 7) is 4.24. The van der Waals surface area contributed by atoms with Gasteiger partial charge in [0.15, 0.2) is 0 Å². The molecule has 3 nitrogen and oxygen atoms in total. The van der Waals surface area contributed by atoms with Gasteiger partial charge in [-0.1, -0.05) is 35.0 Å². The van der Waals surface area contributed by atoms with E-state index in [1.54, 1.807) is 0 Å². The van der Waals surface area contributed by atoms with E-state index in [0.717, 1.165) is 30.4 Å². The number of nitrogens with two attached hydrogens (primary N) is 1. The fourth-order valence-electron chi connectivity index (χ4n) is 3.02. The molecule has 1 aromatic carbocycles. The number of piperidine rings is 1. The summed E-state index contributed by atoms with van der Waals surface area (Å²) in [7, 11) is 1.81. The molecule has 20 heavy (non-hydrogen) atoms. The zero-order chi connectivity index (χ0) is 14.5. The largest absolute Gasteiger partial charge is 0.380 e. The van der Waals surface area contributed by atoms with Crippen LogP contribution in [0.2, 0.25) is 0 Å². The number of hydrogen-bond acceptors (Lipinski definition) is 3. The third-order valence-electron chi connectivity index (χ3n) is 4.22. The fraction of sp³-hybridized carbons (Fsp3) is 0.625. The molecule has 0 saturated carbocycles. The molecule has 3 unspecified atom stereocenters. The normalized spacial score (nSPS) is 23.5. The molecule has 112 valence electrons. The first-order chi connectivity index (χ1) is 9.65. The van der Waals surface area contributed by atoms with Crippen molar-refractivity contribution in [3.8, 4) is 0 Å². The van der Waals surface area contributed by atoms with Crippen LogP contribution in [0.1, 0.15) is 37.8 Å². The van der Waals surface area contributed by atoms with Crippen LogP contribution in [-0.2, 0) is 4.74 Å². The lowest BCUT2D eigenvalue weighted by Gasteiger charge is -2.40. The Hall–Kier alpha value is -0.420. The predicted molar refractivity (Wildman–Crippen MR) is 86.8 cm³/mol. The fourth-order valence-corrected chi connectivity index (χ4v) is 3.29. The van der Waals surface area contributed by atoms with Crippen molar-refractivity contribution in [3.05, 3.63) is 34.3 Å². The van der Waals surface area contributed by atoms with Gasteiger partial charge in [-0.25, -0.2) is 0 Å². The molecular formula is C16H25BrN2O.